The molecule has 1 heterocycles. The summed E-state index contributed by atoms with van der Waals surface area (Å²) >= 11 is 0. The molecule has 0 saturated heterocycles. The Morgan fingerprint density at radius 2 is 1.90 bits per heavy atom. The first-order valence-electron chi connectivity index (χ1n) is 6.92. The molecule has 2 N–H and O–H groups in total. The van der Waals surface area contributed by atoms with Gasteiger partial charge in [-0.15, -0.1) is 0 Å². The van der Waals surface area contributed by atoms with Crippen LogP contribution in [0.2, 0.25) is 0 Å². The van der Waals surface area contributed by atoms with Crippen molar-refractivity contribution in [3.63, 3.8) is 0 Å². The molecule has 1 aliphatic rings. The zero-order chi connectivity index (χ0) is 14.1. The molecule has 0 radical (unpaired) electrons. The summed E-state index contributed by atoms with van der Waals surface area (Å²) < 4.78 is 0. The Morgan fingerprint density at radius 1 is 1.15 bits per heavy atom. The second kappa shape index (κ2) is 5.00. The first kappa shape index (κ1) is 12.7. The first-order chi connectivity index (χ1) is 9.68. The minimum atomic E-state index is -0.136. The maximum Gasteiger partial charge on any atom is 0.234 e. The predicted molar refractivity (Wildman–Crippen MR) is 81.8 cm³/mol. The Balaban J connectivity index is 1.89. The molecular weight excluding hydrogens is 248 g/mol. The van der Waals surface area contributed by atoms with Gasteiger partial charge in [0.15, 0.2) is 0 Å². The standard InChI is InChI=1S/C17H18N2O/c1-12(13-6-3-2-4-7-13)17(20)19-11-10-14-15(18)8-5-9-16(14)19/h2-9,12H,10-11,18H2,1H3. The molecule has 0 aromatic heterocycles. The molecule has 0 spiro atoms. The van der Waals surface area contributed by atoms with E-state index in [4.69, 9.17) is 5.73 Å². The topological polar surface area (TPSA) is 46.3 Å². The van der Waals surface area contributed by atoms with Crippen molar-refractivity contribution in [2.24, 2.45) is 0 Å². The smallest absolute Gasteiger partial charge is 0.234 e. The third-order valence-corrected chi connectivity index (χ3v) is 4.00. The van der Waals surface area contributed by atoms with Gasteiger partial charge in [-0.25, -0.2) is 0 Å². The lowest BCUT2D eigenvalue weighted by molar-refractivity contribution is -0.119. The molecule has 2 aromatic rings. The van der Waals surface area contributed by atoms with E-state index < -0.39 is 0 Å². The Hall–Kier alpha value is -2.29. The molecular formula is C17H18N2O. The van der Waals surface area contributed by atoms with Gasteiger partial charge in [0.05, 0.1) is 5.92 Å². The lowest BCUT2D eigenvalue weighted by Gasteiger charge is -2.22. The molecule has 1 amide bonds. The summed E-state index contributed by atoms with van der Waals surface area (Å²) in [6.45, 7) is 2.68. The number of carbonyl (C=O) groups is 1. The molecule has 2 aromatic carbocycles. The zero-order valence-corrected chi connectivity index (χ0v) is 11.5. The van der Waals surface area contributed by atoms with Gasteiger partial charge >= 0.3 is 0 Å². The largest absolute Gasteiger partial charge is 0.398 e. The van der Waals surface area contributed by atoms with Gasteiger partial charge < -0.3 is 10.6 Å². The van der Waals surface area contributed by atoms with Gasteiger partial charge in [0, 0.05) is 23.5 Å². The van der Waals surface area contributed by atoms with Gasteiger partial charge in [-0.05, 0) is 31.0 Å². The van der Waals surface area contributed by atoms with Crippen molar-refractivity contribution in [2.45, 2.75) is 19.3 Å². The fourth-order valence-corrected chi connectivity index (χ4v) is 2.81. The van der Waals surface area contributed by atoms with Crippen molar-refractivity contribution >= 4 is 17.3 Å². The summed E-state index contributed by atoms with van der Waals surface area (Å²) in [6, 6.07) is 15.7. The molecule has 3 heteroatoms. The van der Waals surface area contributed by atoms with Crippen LogP contribution in [0.4, 0.5) is 11.4 Å². The van der Waals surface area contributed by atoms with Crippen LogP contribution in [-0.2, 0) is 11.2 Å². The summed E-state index contributed by atoms with van der Waals surface area (Å²) in [7, 11) is 0. The van der Waals surface area contributed by atoms with E-state index in [1.165, 1.54) is 0 Å². The Morgan fingerprint density at radius 3 is 2.65 bits per heavy atom. The van der Waals surface area contributed by atoms with Gasteiger partial charge in [0.1, 0.15) is 0 Å². The fourth-order valence-electron chi connectivity index (χ4n) is 2.81. The van der Waals surface area contributed by atoms with Crippen molar-refractivity contribution in [1.82, 2.24) is 0 Å². The second-order valence-electron chi connectivity index (χ2n) is 5.22. The summed E-state index contributed by atoms with van der Waals surface area (Å²) in [4.78, 5) is 14.6. The predicted octanol–water partition coefficient (Wildman–Crippen LogP) is 2.96. The van der Waals surface area contributed by atoms with Gasteiger partial charge in [-0.1, -0.05) is 36.4 Å². The maximum absolute atomic E-state index is 12.7. The van der Waals surface area contributed by atoms with E-state index in [1.807, 2.05) is 60.4 Å². The first-order valence-corrected chi connectivity index (χ1v) is 6.92. The van der Waals surface area contributed by atoms with Gasteiger partial charge in [-0.3, -0.25) is 4.79 Å². The monoisotopic (exact) mass is 266 g/mol. The van der Waals surface area contributed by atoms with Crippen LogP contribution in [0.15, 0.2) is 48.5 Å². The zero-order valence-electron chi connectivity index (χ0n) is 11.5. The van der Waals surface area contributed by atoms with Crippen molar-refractivity contribution in [2.75, 3.05) is 17.2 Å². The Bertz CT molecular complexity index is 637. The lowest BCUT2D eigenvalue weighted by atomic mass is 10.00. The number of benzene rings is 2. The molecule has 1 aliphatic heterocycles. The number of nitrogen functional groups attached to an aromatic ring is 1. The minimum absolute atomic E-state index is 0.136. The number of hydrogen-bond acceptors (Lipinski definition) is 2. The number of nitrogens with zero attached hydrogens (tertiary/aromatic N) is 1. The van der Waals surface area contributed by atoms with Gasteiger partial charge in [0.2, 0.25) is 5.91 Å². The van der Waals surface area contributed by atoms with Crippen molar-refractivity contribution in [3.05, 3.63) is 59.7 Å². The summed E-state index contributed by atoms with van der Waals surface area (Å²) in [6.07, 6.45) is 0.843. The van der Waals surface area contributed by atoms with E-state index >= 15 is 0 Å². The maximum atomic E-state index is 12.7. The number of amides is 1. The number of carbonyl (C=O) groups excluding carboxylic acids is 1. The average molecular weight is 266 g/mol. The van der Waals surface area contributed by atoms with Crippen LogP contribution in [-0.4, -0.2) is 12.5 Å². The highest BCUT2D eigenvalue weighted by molar-refractivity contribution is 6.00. The van der Waals surface area contributed by atoms with Crippen LogP contribution in [0, 0.1) is 0 Å². The third-order valence-electron chi connectivity index (χ3n) is 4.00. The van der Waals surface area contributed by atoms with Crippen LogP contribution in [0.3, 0.4) is 0 Å². The molecule has 0 aliphatic carbocycles. The molecule has 0 saturated carbocycles. The van der Waals surface area contributed by atoms with E-state index in [-0.39, 0.29) is 11.8 Å². The molecule has 1 atom stereocenters. The molecule has 102 valence electrons. The van der Waals surface area contributed by atoms with Crippen LogP contribution >= 0.6 is 0 Å². The minimum Gasteiger partial charge on any atom is -0.398 e. The third kappa shape index (κ3) is 2.05. The number of rotatable bonds is 2. The van der Waals surface area contributed by atoms with Crippen molar-refractivity contribution in [3.8, 4) is 0 Å². The van der Waals surface area contributed by atoms with E-state index in [2.05, 4.69) is 0 Å². The van der Waals surface area contributed by atoms with Crippen molar-refractivity contribution in [1.29, 1.82) is 0 Å². The van der Waals surface area contributed by atoms with Crippen LogP contribution < -0.4 is 10.6 Å². The summed E-state index contributed by atoms with van der Waals surface area (Å²) in [5.41, 5.74) is 9.89. The van der Waals surface area contributed by atoms with E-state index in [1.54, 1.807) is 0 Å². The molecule has 3 nitrogen and oxygen atoms in total. The number of fused-ring (bicyclic) bond motifs is 1. The number of anilines is 2. The summed E-state index contributed by atoms with van der Waals surface area (Å²) in [5, 5.41) is 0. The van der Waals surface area contributed by atoms with E-state index in [9.17, 15) is 4.79 Å². The quantitative estimate of drug-likeness (QED) is 0.849. The summed E-state index contributed by atoms with van der Waals surface area (Å²) in [5.74, 6) is 0.00382. The molecule has 3 rings (SSSR count). The Labute approximate surface area is 119 Å². The van der Waals surface area contributed by atoms with E-state index in [0.29, 0.717) is 0 Å². The van der Waals surface area contributed by atoms with Gasteiger partial charge in [0.25, 0.3) is 0 Å². The fraction of sp³-hybridized carbons (Fsp3) is 0.235. The Kier molecular flexibility index (Phi) is 3.18. The highest BCUT2D eigenvalue weighted by Gasteiger charge is 2.29. The average Bonchev–Trinajstić information content (AvgIpc) is 2.92. The highest BCUT2D eigenvalue weighted by Crippen LogP contribution is 2.34. The molecule has 20 heavy (non-hydrogen) atoms. The highest BCUT2D eigenvalue weighted by atomic mass is 16.2. The SMILES string of the molecule is CC(C(=O)N1CCc2c(N)cccc21)c1ccccc1. The molecule has 1 unspecified atom stereocenters. The molecule has 0 bridgehead atoms. The van der Waals surface area contributed by atoms with Crippen LogP contribution in [0.1, 0.15) is 24.0 Å². The number of hydrogen-bond donors (Lipinski definition) is 1. The molecule has 0 fully saturated rings. The normalized spacial score (nSPS) is 14.9. The van der Waals surface area contributed by atoms with E-state index in [0.717, 1.165) is 35.5 Å². The lowest BCUT2D eigenvalue weighted by Crippen LogP contribution is -2.32. The van der Waals surface area contributed by atoms with Crippen LogP contribution in [0.25, 0.3) is 0 Å². The van der Waals surface area contributed by atoms with Crippen molar-refractivity contribution < 1.29 is 4.79 Å². The number of nitrogens with two attached hydrogens (primary N) is 1. The van der Waals surface area contributed by atoms with Gasteiger partial charge in [-0.2, -0.15) is 0 Å². The second-order valence-corrected chi connectivity index (χ2v) is 5.22. The van der Waals surface area contributed by atoms with Crippen LogP contribution in [0.5, 0.6) is 0 Å².